The van der Waals surface area contributed by atoms with Crippen molar-refractivity contribution in [1.82, 2.24) is 19.5 Å². The molecule has 3 rings (SSSR count). The fourth-order valence-corrected chi connectivity index (χ4v) is 4.21. The molecular weight excluding hydrogens is 449 g/mol. The van der Waals surface area contributed by atoms with Crippen molar-refractivity contribution in [3.8, 4) is 6.01 Å². The van der Waals surface area contributed by atoms with Gasteiger partial charge in [-0.3, -0.25) is 4.57 Å². The number of nitrogens with two attached hydrogens (primary N) is 1. The Morgan fingerprint density at radius 2 is 1.97 bits per heavy atom. The number of rotatable bonds is 13. The van der Waals surface area contributed by atoms with Gasteiger partial charge in [0.2, 0.25) is 0 Å². The van der Waals surface area contributed by atoms with E-state index in [9.17, 15) is 9.46 Å². The van der Waals surface area contributed by atoms with Gasteiger partial charge in [-0.15, -0.1) is 0 Å². The summed E-state index contributed by atoms with van der Waals surface area (Å²) < 4.78 is 35.5. The van der Waals surface area contributed by atoms with Crippen LogP contribution >= 0.6 is 7.60 Å². The van der Waals surface area contributed by atoms with Gasteiger partial charge in [-0.2, -0.15) is 9.97 Å². The van der Waals surface area contributed by atoms with Crippen LogP contribution in [0.15, 0.2) is 36.7 Å². The highest BCUT2D eigenvalue weighted by molar-refractivity contribution is 7.52. The number of imidazole rings is 1. The molecule has 0 radical (unpaired) electrons. The predicted molar refractivity (Wildman–Crippen MR) is 123 cm³/mol. The second kappa shape index (κ2) is 11.5. The van der Waals surface area contributed by atoms with Crippen LogP contribution in [0.4, 0.5) is 5.82 Å². The highest BCUT2D eigenvalue weighted by atomic mass is 31.2. The van der Waals surface area contributed by atoms with E-state index in [4.69, 9.17) is 24.5 Å². The van der Waals surface area contributed by atoms with Crippen LogP contribution in [0, 0.1) is 0 Å². The number of hydrogen-bond acceptors (Lipinski definition) is 9. The van der Waals surface area contributed by atoms with Crippen molar-refractivity contribution in [3.63, 3.8) is 0 Å². The van der Waals surface area contributed by atoms with Gasteiger partial charge in [-0.05, 0) is 18.9 Å². The Kier molecular flexibility index (Phi) is 8.76. The highest BCUT2D eigenvalue weighted by Gasteiger charge is 2.25. The molecule has 1 aromatic carbocycles. The number of anilines is 1. The Morgan fingerprint density at radius 3 is 2.67 bits per heavy atom. The first-order valence-electron chi connectivity index (χ1n) is 10.6. The molecule has 0 spiro atoms. The van der Waals surface area contributed by atoms with Crippen LogP contribution in [0.25, 0.3) is 11.2 Å². The molecule has 0 fully saturated rings. The average molecular weight is 479 g/mol. The molecule has 2 aromatic heterocycles. The monoisotopic (exact) mass is 479 g/mol. The van der Waals surface area contributed by atoms with E-state index in [-0.39, 0.29) is 31.1 Å². The van der Waals surface area contributed by atoms with Crippen LogP contribution in [-0.2, 0) is 18.6 Å². The topological polar surface area (TPSA) is 144 Å². The SMILES string of the molecule is CCC(C)OP(=O)(O)COCC(c1ccccc1)n1cnc2c(N)nc(OCCOC)nc21. The first-order chi connectivity index (χ1) is 15.8. The van der Waals surface area contributed by atoms with Crippen LogP contribution in [0.5, 0.6) is 6.01 Å². The summed E-state index contributed by atoms with van der Waals surface area (Å²) in [6.07, 6.45) is 1.43. The van der Waals surface area contributed by atoms with E-state index in [0.717, 1.165) is 5.56 Å². The molecule has 3 unspecified atom stereocenters. The quantitative estimate of drug-likeness (QED) is 0.277. The minimum Gasteiger partial charge on any atom is -0.461 e. The largest absolute Gasteiger partial charge is 0.461 e. The van der Waals surface area contributed by atoms with Gasteiger partial charge in [-0.1, -0.05) is 37.3 Å². The zero-order valence-corrected chi connectivity index (χ0v) is 19.9. The van der Waals surface area contributed by atoms with E-state index in [2.05, 4.69) is 15.0 Å². The minimum atomic E-state index is -3.89. The molecule has 11 nitrogen and oxygen atoms in total. The lowest BCUT2D eigenvalue weighted by Crippen LogP contribution is -2.18. The van der Waals surface area contributed by atoms with Crippen LogP contribution in [0.3, 0.4) is 0 Å². The summed E-state index contributed by atoms with van der Waals surface area (Å²) >= 11 is 0. The maximum Gasteiger partial charge on any atom is 0.353 e. The first-order valence-corrected chi connectivity index (χ1v) is 12.4. The van der Waals surface area contributed by atoms with Crippen molar-refractivity contribution in [1.29, 1.82) is 0 Å². The summed E-state index contributed by atoms with van der Waals surface area (Å²) in [6.45, 7) is 4.34. The van der Waals surface area contributed by atoms with Gasteiger partial charge in [-0.25, -0.2) is 4.98 Å². The van der Waals surface area contributed by atoms with E-state index in [1.807, 2.05) is 37.3 Å². The molecule has 12 heteroatoms. The molecule has 2 heterocycles. The van der Waals surface area contributed by atoms with E-state index in [0.29, 0.717) is 24.2 Å². The van der Waals surface area contributed by atoms with Gasteiger partial charge in [0.15, 0.2) is 17.0 Å². The number of nitrogen functional groups attached to an aromatic ring is 1. The van der Waals surface area contributed by atoms with Gasteiger partial charge in [0.05, 0.1) is 31.7 Å². The lowest BCUT2D eigenvalue weighted by molar-refractivity contribution is 0.112. The number of methoxy groups -OCH3 is 1. The zero-order valence-electron chi connectivity index (χ0n) is 19.0. The number of nitrogens with zero attached hydrogens (tertiary/aromatic N) is 4. The first kappa shape index (κ1) is 25.1. The molecule has 33 heavy (non-hydrogen) atoms. The standard InChI is InChI=1S/C21H30N5O6P/c1-4-15(2)32-33(27,28)14-30-12-17(16-8-6-5-7-9-16)26-13-23-18-19(22)24-21(25-20(18)26)31-11-10-29-3/h5-9,13,15,17H,4,10-12,14H2,1-3H3,(H,27,28)(H2,22,24,25). The number of hydrogen-bond donors (Lipinski definition) is 2. The second-order valence-corrected chi connectivity index (χ2v) is 9.19. The smallest absolute Gasteiger partial charge is 0.353 e. The second-order valence-electron chi connectivity index (χ2n) is 7.44. The van der Waals surface area contributed by atoms with Gasteiger partial charge >= 0.3 is 13.6 Å². The van der Waals surface area contributed by atoms with Crippen molar-refractivity contribution in [3.05, 3.63) is 42.2 Å². The fourth-order valence-electron chi connectivity index (χ4n) is 3.10. The molecule has 0 bridgehead atoms. The molecular formula is C21H30N5O6P. The van der Waals surface area contributed by atoms with Gasteiger partial charge in [0, 0.05) is 7.11 Å². The van der Waals surface area contributed by atoms with Gasteiger partial charge in [0.25, 0.3) is 0 Å². The van der Waals surface area contributed by atoms with Crippen molar-refractivity contribution in [2.75, 3.05) is 39.0 Å². The molecule has 3 aromatic rings. The minimum absolute atomic E-state index is 0.0770. The van der Waals surface area contributed by atoms with Crippen LogP contribution < -0.4 is 10.5 Å². The Balaban J connectivity index is 1.87. The third kappa shape index (κ3) is 6.72. The molecule has 0 aliphatic rings. The van der Waals surface area contributed by atoms with Crippen LogP contribution in [-0.4, -0.2) is 63.8 Å². The third-order valence-electron chi connectivity index (χ3n) is 4.92. The van der Waals surface area contributed by atoms with Crippen LogP contribution in [0.2, 0.25) is 0 Å². The summed E-state index contributed by atoms with van der Waals surface area (Å²) in [7, 11) is -2.32. The van der Waals surface area contributed by atoms with Crippen molar-refractivity contribution in [2.24, 2.45) is 0 Å². The molecule has 0 aliphatic heterocycles. The van der Waals surface area contributed by atoms with Gasteiger partial charge < -0.3 is 33.9 Å². The Hall–Kier alpha value is -2.56. The molecule has 3 N–H and O–H groups in total. The summed E-state index contributed by atoms with van der Waals surface area (Å²) in [4.78, 5) is 23.1. The normalized spacial score (nSPS) is 15.3. The lowest BCUT2D eigenvalue weighted by Gasteiger charge is -2.22. The Labute approximate surface area is 192 Å². The Bertz CT molecular complexity index is 1080. The fraction of sp³-hybridized carbons (Fsp3) is 0.476. The molecule has 3 atom stereocenters. The molecule has 0 amide bonds. The zero-order chi connectivity index (χ0) is 23.8. The summed E-state index contributed by atoms with van der Waals surface area (Å²) in [5, 5.41) is 0. The Morgan fingerprint density at radius 1 is 1.21 bits per heavy atom. The van der Waals surface area contributed by atoms with E-state index < -0.39 is 20.0 Å². The summed E-state index contributed by atoms with van der Waals surface area (Å²) in [5.41, 5.74) is 7.84. The van der Waals surface area contributed by atoms with E-state index >= 15 is 0 Å². The summed E-state index contributed by atoms with van der Waals surface area (Å²) in [5.74, 6) is 0.181. The number of fused-ring (bicyclic) bond motifs is 1. The molecule has 0 saturated carbocycles. The van der Waals surface area contributed by atoms with E-state index in [1.165, 1.54) is 0 Å². The number of benzene rings is 1. The van der Waals surface area contributed by atoms with Crippen molar-refractivity contribution < 1.29 is 28.2 Å². The summed E-state index contributed by atoms with van der Waals surface area (Å²) in [6, 6.07) is 9.25. The maximum absolute atomic E-state index is 12.3. The number of ether oxygens (including phenoxy) is 3. The van der Waals surface area contributed by atoms with E-state index in [1.54, 1.807) is 24.9 Å². The molecule has 180 valence electrons. The maximum atomic E-state index is 12.3. The van der Waals surface area contributed by atoms with Gasteiger partial charge in [0.1, 0.15) is 13.0 Å². The average Bonchev–Trinajstić information content (AvgIpc) is 3.21. The highest BCUT2D eigenvalue weighted by Crippen LogP contribution is 2.44. The molecule has 0 aliphatic carbocycles. The number of aromatic nitrogens is 4. The predicted octanol–water partition coefficient (Wildman–Crippen LogP) is 3.00. The van der Waals surface area contributed by atoms with Crippen molar-refractivity contribution in [2.45, 2.75) is 32.4 Å². The van der Waals surface area contributed by atoms with Crippen LogP contribution in [0.1, 0.15) is 31.9 Å². The lowest BCUT2D eigenvalue weighted by atomic mass is 10.1. The molecule has 0 saturated heterocycles. The van der Waals surface area contributed by atoms with Crippen molar-refractivity contribution >= 4 is 24.6 Å². The third-order valence-corrected chi connectivity index (χ3v) is 6.11.